The molecule has 5 heteroatoms. The molecule has 0 bridgehead atoms. The highest BCUT2D eigenvalue weighted by Crippen LogP contribution is 2.65. The van der Waals surface area contributed by atoms with Crippen LogP contribution in [0.5, 0.6) is 0 Å². The zero-order chi connectivity index (χ0) is 81.7. The molecule has 20 aromatic carbocycles. The van der Waals surface area contributed by atoms with E-state index in [0.717, 1.165) is 39.8 Å². The Morgan fingerprint density at radius 1 is 0.218 bits per heavy atom. The van der Waals surface area contributed by atoms with E-state index in [4.69, 9.17) is 0 Å². The summed E-state index contributed by atoms with van der Waals surface area (Å²) in [4.78, 5) is 4.93. The van der Waals surface area contributed by atoms with Gasteiger partial charge in [0.1, 0.15) is 0 Å². The van der Waals surface area contributed by atoms with Crippen LogP contribution in [0.15, 0.2) is 394 Å². The normalized spacial score (nSPS) is 14.0. The molecule has 0 unspecified atom stereocenters. The van der Waals surface area contributed by atoms with Crippen molar-refractivity contribution in [2.24, 2.45) is 0 Å². The van der Waals surface area contributed by atoms with Crippen molar-refractivity contribution in [3.8, 4) is 72.4 Å². The summed E-state index contributed by atoms with van der Waals surface area (Å²) in [7, 11) is 0. The number of aromatic nitrogens is 1. The van der Waals surface area contributed by atoms with Gasteiger partial charge in [0.2, 0.25) is 0 Å². The van der Waals surface area contributed by atoms with Crippen LogP contribution in [-0.4, -0.2) is 4.57 Å². The van der Waals surface area contributed by atoms with Crippen LogP contribution in [0.4, 0.5) is 34.1 Å². The van der Waals surface area contributed by atoms with E-state index in [1.807, 2.05) is 22.7 Å². The lowest BCUT2D eigenvalue weighted by atomic mass is 9.70. The number of nitrogens with zero attached hydrogens (tertiary/aromatic N) is 3. The summed E-state index contributed by atoms with van der Waals surface area (Å²) in [5.74, 6) is 0. The average molecular weight is 1610 g/mol. The standard InChI is InChI=1S/C119H77N3S2/c1-117(2)103-63-78(45-54-90(103)92-56-51-85(66-105(92)117)120(80-47-41-70-23-5-9-27-74(70)59-80)81-48-42-71-24-6-10-28-75(71)60-81)96-68-108-114(116-111(96)94-34-16-21-39-109(94)124-116)113-107(122(108)84-53-58-102-98(65-84)89-33-15-20-38-101(89)119(102)99-36-18-13-31-87(99)88-32-14-19-37-100(88)119)69-97(115-112(113)95-35-17-22-40-110(95)123-115)79-46-55-91-93-57-52-86(67-106(93)118(3,4)104(91)64-79)121(82-49-43-72-25-7-11-29-76(72)61-82)83-50-44-73-26-8-12-30-77(73)62-83/h5-69H,1-4H3. The van der Waals surface area contributed by atoms with Crippen molar-refractivity contribution in [3.63, 3.8) is 0 Å². The molecular formula is C119H77N3S2. The second kappa shape index (κ2) is 25.7. The molecule has 1 spiro atoms. The van der Waals surface area contributed by atoms with Crippen LogP contribution in [0.3, 0.4) is 0 Å². The molecule has 124 heavy (non-hydrogen) atoms. The van der Waals surface area contributed by atoms with E-state index >= 15 is 0 Å². The Morgan fingerprint density at radius 3 is 1.03 bits per heavy atom. The number of anilines is 6. The Balaban J connectivity index is 0.676. The van der Waals surface area contributed by atoms with Gasteiger partial charge in [0, 0.05) is 107 Å². The van der Waals surface area contributed by atoms with Crippen LogP contribution in [0.25, 0.3) is 178 Å². The van der Waals surface area contributed by atoms with Crippen LogP contribution >= 0.6 is 22.7 Å². The van der Waals surface area contributed by atoms with E-state index in [-0.39, 0.29) is 10.8 Å². The number of fused-ring (bicyclic) bond motifs is 31. The van der Waals surface area contributed by atoms with Gasteiger partial charge in [-0.1, -0.05) is 301 Å². The summed E-state index contributed by atoms with van der Waals surface area (Å²) < 4.78 is 7.86. The highest BCUT2D eigenvalue weighted by Gasteiger charge is 2.52. The summed E-state index contributed by atoms with van der Waals surface area (Å²) in [6.07, 6.45) is 0. The third kappa shape index (κ3) is 9.71. The molecule has 0 saturated heterocycles. The SMILES string of the molecule is CC1(C)c2cc(-c3cc4c(c5c3sc3ccccc35)c3c5sc6ccccc6c5c(-c5ccc6c(c5)C(C)(C)c5cc(N(c7ccc8ccccc8c7)c7ccc8ccccc8c7)ccc5-6)cc3n4-c3ccc4c(c3)-c3ccccc3C43c4ccccc4-c4ccccc43)ccc2-c2ccc(N(c3ccc4ccccc4c3)c3ccc4ccccc4c3)cc21. The molecule has 4 aliphatic carbocycles. The van der Waals surface area contributed by atoms with Crippen molar-refractivity contribution < 1.29 is 0 Å². The van der Waals surface area contributed by atoms with Gasteiger partial charge < -0.3 is 14.4 Å². The minimum Gasteiger partial charge on any atom is -0.310 e. The molecule has 0 N–H and O–H groups in total. The molecule has 580 valence electrons. The van der Waals surface area contributed by atoms with Gasteiger partial charge in [-0.25, -0.2) is 0 Å². The summed E-state index contributed by atoms with van der Waals surface area (Å²) in [5.41, 5.74) is 34.8. The highest BCUT2D eigenvalue weighted by atomic mass is 32.1. The topological polar surface area (TPSA) is 11.4 Å². The zero-order valence-electron chi connectivity index (χ0n) is 68.7. The van der Waals surface area contributed by atoms with Gasteiger partial charge in [-0.05, 0) is 270 Å². The van der Waals surface area contributed by atoms with E-state index in [1.54, 1.807) is 0 Å². The Hall–Kier alpha value is -14.7. The number of hydrogen-bond donors (Lipinski definition) is 0. The second-order valence-corrected chi connectivity index (χ2v) is 37.8. The Labute approximate surface area is 726 Å². The Kier molecular flexibility index (Phi) is 14.5. The molecule has 3 nitrogen and oxygen atoms in total. The van der Waals surface area contributed by atoms with Crippen molar-refractivity contribution >= 4 is 162 Å². The summed E-state index contributed by atoms with van der Waals surface area (Å²) >= 11 is 3.90. The van der Waals surface area contributed by atoms with Crippen LogP contribution in [0, 0.1) is 0 Å². The van der Waals surface area contributed by atoms with Crippen molar-refractivity contribution in [2.75, 3.05) is 9.80 Å². The molecular weight excluding hydrogens is 1540 g/mol. The smallest absolute Gasteiger partial charge is 0.0725 e. The summed E-state index contributed by atoms with van der Waals surface area (Å²) in [5, 5.41) is 17.5. The fourth-order valence-corrected chi connectivity index (χ4v) is 25.4. The third-order valence-corrected chi connectivity index (χ3v) is 31.0. The van der Waals surface area contributed by atoms with Crippen molar-refractivity contribution in [1.82, 2.24) is 4.57 Å². The minimum atomic E-state index is -0.503. The fourth-order valence-electron chi connectivity index (χ4n) is 22.9. The quantitative estimate of drug-likeness (QED) is 0.143. The molecule has 27 rings (SSSR count). The first-order chi connectivity index (χ1) is 61.0. The zero-order valence-corrected chi connectivity index (χ0v) is 70.3. The van der Waals surface area contributed by atoms with Gasteiger partial charge >= 0.3 is 0 Å². The van der Waals surface area contributed by atoms with Crippen molar-refractivity contribution in [3.05, 3.63) is 439 Å². The van der Waals surface area contributed by atoms with Crippen LogP contribution in [0.2, 0.25) is 0 Å². The molecule has 4 aliphatic rings. The predicted octanol–water partition coefficient (Wildman–Crippen LogP) is 33.4. The Morgan fingerprint density at radius 2 is 0.556 bits per heavy atom. The van der Waals surface area contributed by atoms with E-state index in [0.29, 0.717) is 0 Å². The maximum atomic E-state index is 2.70. The van der Waals surface area contributed by atoms with Gasteiger partial charge in [-0.3, -0.25) is 0 Å². The first kappa shape index (κ1) is 70.0. The summed E-state index contributed by atoms with van der Waals surface area (Å²) in [6, 6.07) is 151. The number of rotatable bonds is 9. The second-order valence-electron chi connectivity index (χ2n) is 35.7. The third-order valence-electron chi connectivity index (χ3n) is 28.6. The molecule has 23 aromatic rings. The molecule has 0 fully saturated rings. The maximum absolute atomic E-state index is 2.70. The lowest BCUT2D eigenvalue weighted by Gasteiger charge is -2.30. The largest absolute Gasteiger partial charge is 0.310 e. The monoisotopic (exact) mass is 1610 g/mol. The average Bonchev–Trinajstić information content (AvgIpc) is 1.51. The van der Waals surface area contributed by atoms with Gasteiger partial charge in [0.25, 0.3) is 0 Å². The number of hydrogen-bond acceptors (Lipinski definition) is 4. The molecule has 3 aromatic heterocycles. The van der Waals surface area contributed by atoms with Crippen LogP contribution in [-0.2, 0) is 16.2 Å². The minimum absolute atomic E-state index is 0.369. The first-order valence-electron chi connectivity index (χ1n) is 43.3. The molecule has 0 aliphatic heterocycles. The molecule has 0 atom stereocenters. The summed E-state index contributed by atoms with van der Waals surface area (Å²) in [6.45, 7) is 9.82. The van der Waals surface area contributed by atoms with Gasteiger partial charge in [-0.2, -0.15) is 0 Å². The van der Waals surface area contributed by atoms with E-state index in [1.165, 1.54) is 217 Å². The lowest BCUT2D eigenvalue weighted by Crippen LogP contribution is -2.25. The van der Waals surface area contributed by atoms with Gasteiger partial charge in [0.05, 0.1) is 16.4 Å². The van der Waals surface area contributed by atoms with E-state index in [2.05, 4.69) is 436 Å². The van der Waals surface area contributed by atoms with E-state index < -0.39 is 5.41 Å². The predicted molar refractivity (Wildman–Crippen MR) is 528 cm³/mol. The fraction of sp³-hybridized carbons (Fsp3) is 0.0588. The van der Waals surface area contributed by atoms with Crippen LogP contribution in [0.1, 0.15) is 72.2 Å². The van der Waals surface area contributed by atoms with Crippen LogP contribution < -0.4 is 9.80 Å². The van der Waals surface area contributed by atoms with E-state index in [9.17, 15) is 0 Å². The van der Waals surface area contributed by atoms with Crippen molar-refractivity contribution in [2.45, 2.75) is 43.9 Å². The number of thiophene rings is 2. The molecule has 0 amide bonds. The Bertz CT molecular complexity index is 8470. The van der Waals surface area contributed by atoms with Gasteiger partial charge in [0.15, 0.2) is 0 Å². The molecule has 3 heterocycles. The lowest BCUT2D eigenvalue weighted by molar-refractivity contribution is 0.660. The highest BCUT2D eigenvalue weighted by molar-refractivity contribution is 7.27. The number of benzene rings is 20. The first-order valence-corrected chi connectivity index (χ1v) is 45.0. The molecule has 0 saturated carbocycles. The molecule has 0 radical (unpaired) electrons. The van der Waals surface area contributed by atoms with Gasteiger partial charge in [-0.15, -0.1) is 22.7 Å². The maximum Gasteiger partial charge on any atom is 0.0725 e. The van der Waals surface area contributed by atoms with Crippen molar-refractivity contribution in [1.29, 1.82) is 0 Å².